The third kappa shape index (κ3) is 5.29. The van der Waals surface area contributed by atoms with E-state index in [0.717, 1.165) is 27.6 Å². The first kappa shape index (κ1) is 19.8. The quantitative estimate of drug-likeness (QED) is 0.706. The lowest BCUT2D eigenvalue weighted by atomic mass is 10.1. The van der Waals surface area contributed by atoms with Gasteiger partial charge in [-0.25, -0.2) is 4.79 Å². The number of furan rings is 1. The average molecular weight is 407 g/mol. The van der Waals surface area contributed by atoms with E-state index in [9.17, 15) is 9.59 Å². The van der Waals surface area contributed by atoms with E-state index < -0.39 is 5.97 Å². The zero-order valence-electron chi connectivity index (χ0n) is 15.3. The largest absolute Gasteiger partial charge is 0.450 e. The van der Waals surface area contributed by atoms with Crippen LogP contribution in [0.5, 0.6) is 0 Å². The minimum absolute atomic E-state index is 0.156. The van der Waals surface area contributed by atoms with E-state index in [1.807, 2.05) is 38.1 Å². The van der Waals surface area contributed by atoms with Crippen molar-refractivity contribution in [3.8, 4) is 0 Å². The van der Waals surface area contributed by atoms with E-state index in [4.69, 9.17) is 9.15 Å². The van der Waals surface area contributed by atoms with Gasteiger partial charge in [-0.2, -0.15) is 0 Å². The SMILES string of the molecule is CC(C)CNC(=O)COC(=O)c1oc2ccccc2c1CSC1=NCCS1. The summed E-state index contributed by atoms with van der Waals surface area (Å²) < 4.78 is 11.9. The average Bonchev–Trinajstić information content (AvgIpc) is 3.30. The van der Waals surface area contributed by atoms with Crippen LogP contribution in [-0.4, -0.2) is 41.7 Å². The second kappa shape index (κ2) is 9.32. The van der Waals surface area contributed by atoms with Crippen LogP contribution in [0.25, 0.3) is 11.0 Å². The molecular formula is C19H22N2O4S2. The Kier molecular flexibility index (Phi) is 6.84. The fraction of sp³-hybridized carbons (Fsp3) is 0.421. The number of aliphatic imine (C=N–C) groups is 1. The van der Waals surface area contributed by atoms with Crippen LogP contribution in [0.3, 0.4) is 0 Å². The summed E-state index contributed by atoms with van der Waals surface area (Å²) in [6.07, 6.45) is 0. The molecular weight excluding hydrogens is 384 g/mol. The van der Waals surface area contributed by atoms with E-state index in [1.54, 1.807) is 23.5 Å². The number of rotatable bonds is 7. The maximum atomic E-state index is 12.5. The van der Waals surface area contributed by atoms with Crippen LogP contribution in [0.2, 0.25) is 0 Å². The van der Waals surface area contributed by atoms with E-state index in [0.29, 0.717) is 23.8 Å². The molecule has 1 aromatic heterocycles. The topological polar surface area (TPSA) is 80.9 Å². The molecule has 27 heavy (non-hydrogen) atoms. The number of ether oxygens (including phenoxy) is 1. The Morgan fingerprint density at radius 1 is 1.37 bits per heavy atom. The highest BCUT2D eigenvalue weighted by Crippen LogP contribution is 2.32. The smallest absolute Gasteiger partial charge is 0.375 e. The monoisotopic (exact) mass is 406 g/mol. The molecule has 0 fully saturated rings. The van der Waals surface area contributed by atoms with Gasteiger partial charge in [0.25, 0.3) is 5.91 Å². The van der Waals surface area contributed by atoms with Crippen LogP contribution in [0, 0.1) is 5.92 Å². The Labute approximate surface area is 166 Å². The van der Waals surface area contributed by atoms with Gasteiger partial charge in [-0.05, 0) is 12.0 Å². The molecule has 1 N–H and O–H groups in total. The highest BCUT2D eigenvalue weighted by molar-refractivity contribution is 8.38. The van der Waals surface area contributed by atoms with Gasteiger partial charge in [0.15, 0.2) is 6.61 Å². The van der Waals surface area contributed by atoms with E-state index in [-0.39, 0.29) is 18.3 Å². The number of nitrogens with zero attached hydrogens (tertiary/aromatic N) is 1. The second-order valence-corrected chi connectivity index (χ2v) is 8.77. The molecule has 6 nitrogen and oxygen atoms in total. The number of amides is 1. The summed E-state index contributed by atoms with van der Waals surface area (Å²) in [6.45, 7) is 5.05. The number of esters is 1. The lowest BCUT2D eigenvalue weighted by molar-refractivity contribution is -0.124. The number of fused-ring (bicyclic) bond motifs is 1. The highest BCUT2D eigenvalue weighted by atomic mass is 32.2. The van der Waals surface area contributed by atoms with E-state index >= 15 is 0 Å². The molecule has 0 saturated carbocycles. The van der Waals surface area contributed by atoms with Crippen LogP contribution in [0.15, 0.2) is 33.7 Å². The van der Waals surface area contributed by atoms with Crippen molar-refractivity contribution in [2.45, 2.75) is 19.6 Å². The van der Waals surface area contributed by atoms with Gasteiger partial charge in [0, 0.05) is 29.0 Å². The molecule has 0 saturated heterocycles. The van der Waals surface area contributed by atoms with Gasteiger partial charge < -0.3 is 14.5 Å². The summed E-state index contributed by atoms with van der Waals surface area (Å²) in [5.74, 6) is 1.11. The Morgan fingerprint density at radius 3 is 2.93 bits per heavy atom. The lowest BCUT2D eigenvalue weighted by Gasteiger charge is -2.08. The predicted molar refractivity (Wildman–Crippen MR) is 110 cm³/mol. The zero-order chi connectivity index (χ0) is 19.2. The summed E-state index contributed by atoms with van der Waals surface area (Å²) in [5, 5.41) is 3.60. The molecule has 2 aromatic rings. The number of hydrogen-bond acceptors (Lipinski definition) is 7. The number of carbonyl (C=O) groups excluding carboxylic acids is 2. The summed E-state index contributed by atoms with van der Waals surface area (Å²) >= 11 is 3.31. The molecule has 1 aromatic carbocycles. The van der Waals surface area contributed by atoms with Gasteiger partial charge in [0.1, 0.15) is 9.96 Å². The Balaban J connectivity index is 1.71. The molecule has 0 spiro atoms. The lowest BCUT2D eigenvalue weighted by Crippen LogP contribution is -2.31. The Bertz CT molecular complexity index is 861. The maximum Gasteiger partial charge on any atom is 0.375 e. The molecule has 3 rings (SSSR count). The van der Waals surface area contributed by atoms with Crippen LogP contribution >= 0.6 is 23.5 Å². The van der Waals surface area contributed by atoms with Crippen LogP contribution in [0.4, 0.5) is 0 Å². The summed E-state index contributed by atoms with van der Waals surface area (Å²) in [4.78, 5) is 28.8. The molecule has 8 heteroatoms. The number of benzene rings is 1. The fourth-order valence-corrected chi connectivity index (χ4v) is 4.55. The standard InChI is InChI=1S/C19H22N2O4S2/c1-12(2)9-21-16(22)10-24-18(23)17-14(11-27-19-20-7-8-26-19)13-5-3-4-6-15(13)25-17/h3-6,12H,7-11H2,1-2H3,(H,21,22). The van der Waals surface area contributed by atoms with E-state index in [1.165, 1.54) is 0 Å². The number of hydrogen-bond donors (Lipinski definition) is 1. The van der Waals surface area contributed by atoms with Crippen molar-refractivity contribution in [3.05, 3.63) is 35.6 Å². The first-order valence-electron chi connectivity index (χ1n) is 8.79. The van der Waals surface area contributed by atoms with Gasteiger partial charge >= 0.3 is 5.97 Å². The molecule has 0 atom stereocenters. The van der Waals surface area contributed by atoms with Crippen molar-refractivity contribution in [3.63, 3.8) is 0 Å². The normalized spacial score (nSPS) is 13.8. The number of thioether (sulfide) groups is 2. The summed E-state index contributed by atoms with van der Waals surface area (Å²) in [5.41, 5.74) is 1.41. The number of carbonyl (C=O) groups is 2. The minimum Gasteiger partial charge on any atom is -0.450 e. The predicted octanol–water partition coefficient (Wildman–Crippen LogP) is 3.70. The molecule has 0 unspecified atom stereocenters. The summed E-state index contributed by atoms with van der Waals surface area (Å²) in [6, 6.07) is 7.50. The van der Waals surface area contributed by atoms with Crippen LogP contribution in [-0.2, 0) is 15.3 Å². The zero-order valence-corrected chi connectivity index (χ0v) is 17.0. The molecule has 0 bridgehead atoms. The number of para-hydroxylation sites is 1. The van der Waals surface area contributed by atoms with Gasteiger partial charge in [0.2, 0.25) is 5.76 Å². The third-order valence-corrected chi connectivity index (χ3v) is 6.10. The van der Waals surface area contributed by atoms with Crippen molar-refractivity contribution in [1.29, 1.82) is 0 Å². The molecule has 1 aliphatic heterocycles. The van der Waals surface area contributed by atoms with Crippen molar-refractivity contribution >= 4 is 50.7 Å². The Morgan fingerprint density at radius 2 is 2.19 bits per heavy atom. The summed E-state index contributed by atoms with van der Waals surface area (Å²) in [7, 11) is 0. The molecule has 0 radical (unpaired) electrons. The minimum atomic E-state index is -0.623. The van der Waals surface area contributed by atoms with Crippen molar-refractivity contribution in [2.75, 3.05) is 25.4 Å². The molecule has 144 valence electrons. The molecule has 2 heterocycles. The molecule has 1 amide bonds. The third-order valence-electron chi connectivity index (χ3n) is 3.82. The molecule has 1 aliphatic rings. The molecule has 0 aliphatic carbocycles. The van der Waals surface area contributed by atoms with Gasteiger partial charge in [-0.15, -0.1) is 0 Å². The van der Waals surface area contributed by atoms with Crippen molar-refractivity contribution in [2.24, 2.45) is 10.9 Å². The van der Waals surface area contributed by atoms with Gasteiger partial charge in [-0.1, -0.05) is 55.6 Å². The van der Waals surface area contributed by atoms with Crippen molar-refractivity contribution < 1.29 is 18.7 Å². The van der Waals surface area contributed by atoms with Crippen LogP contribution < -0.4 is 5.32 Å². The van der Waals surface area contributed by atoms with E-state index in [2.05, 4.69) is 10.3 Å². The highest BCUT2D eigenvalue weighted by Gasteiger charge is 2.23. The van der Waals surface area contributed by atoms with Gasteiger partial charge in [-0.3, -0.25) is 9.79 Å². The fourth-order valence-electron chi connectivity index (χ4n) is 2.51. The number of nitrogens with one attached hydrogen (secondary N) is 1. The second-order valence-electron chi connectivity index (χ2n) is 6.46. The van der Waals surface area contributed by atoms with Crippen LogP contribution in [0.1, 0.15) is 30.0 Å². The van der Waals surface area contributed by atoms with Crippen molar-refractivity contribution in [1.82, 2.24) is 5.32 Å². The maximum absolute atomic E-state index is 12.5. The first-order chi connectivity index (χ1) is 13.0. The Hall–Kier alpha value is -1.93. The first-order valence-corrected chi connectivity index (χ1v) is 10.8. The van der Waals surface area contributed by atoms with Gasteiger partial charge in [0.05, 0.1) is 6.54 Å².